The van der Waals surface area contributed by atoms with E-state index in [4.69, 9.17) is 0 Å². The molecule has 1 amide bonds. The topological polar surface area (TPSA) is 35.6 Å². The number of nitrogens with zero attached hydrogens (tertiary/aromatic N) is 2. The number of carbonyl (C=O) groups excluding carboxylic acids is 1. The summed E-state index contributed by atoms with van der Waals surface area (Å²) in [6, 6.07) is 6.07. The van der Waals surface area contributed by atoms with Crippen molar-refractivity contribution in [1.82, 2.24) is 9.80 Å². The summed E-state index contributed by atoms with van der Waals surface area (Å²) in [6.07, 6.45) is 4.13. The van der Waals surface area contributed by atoms with E-state index in [1.54, 1.807) is 0 Å². The number of amides is 1. The maximum atomic E-state index is 12.6. The van der Waals surface area contributed by atoms with Crippen LogP contribution in [-0.4, -0.2) is 55.0 Å². The van der Waals surface area contributed by atoms with Crippen molar-refractivity contribution in [3.8, 4) is 0 Å². The Morgan fingerprint density at radius 1 is 1.29 bits per heavy atom. The zero-order valence-electron chi connectivity index (χ0n) is 12.5. The first-order valence-corrected chi connectivity index (χ1v) is 7.77. The number of rotatable bonds is 3. The fourth-order valence-electron chi connectivity index (χ4n) is 3.11. The van der Waals surface area contributed by atoms with Crippen LogP contribution in [0.25, 0.3) is 0 Å². The molecule has 0 spiro atoms. The molecule has 112 valence electrons. The molecular weight excluding hydrogens is 262 g/mol. The van der Waals surface area contributed by atoms with Gasteiger partial charge in [0, 0.05) is 50.5 Å². The normalized spacial score (nSPS) is 18.8. The maximum absolute atomic E-state index is 12.6. The molecule has 0 radical (unpaired) electrons. The summed E-state index contributed by atoms with van der Waals surface area (Å²) in [7, 11) is 0. The molecule has 0 saturated carbocycles. The second kappa shape index (κ2) is 6.31. The molecule has 2 heterocycles. The quantitative estimate of drug-likeness (QED) is 0.863. The van der Waals surface area contributed by atoms with Crippen molar-refractivity contribution >= 4 is 11.6 Å². The summed E-state index contributed by atoms with van der Waals surface area (Å²) in [5.74, 6) is 0.168. The highest BCUT2D eigenvalue weighted by atomic mass is 16.2. The lowest BCUT2D eigenvalue weighted by atomic mass is 10.00. The molecule has 4 nitrogen and oxygen atoms in total. The summed E-state index contributed by atoms with van der Waals surface area (Å²) in [5.41, 5.74) is 3.29. The third kappa shape index (κ3) is 3.10. The van der Waals surface area contributed by atoms with Crippen LogP contribution in [0.2, 0.25) is 0 Å². The van der Waals surface area contributed by atoms with Gasteiger partial charge in [0.05, 0.1) is 0 Å². The SMILES string of the molecule is C=CCN1CCN(C(=O)c2ccc3c(c2)CCCN3)CC1. The zero-order valence-corrected chi connectivity index (χ0v) is 12.5. The molecule has 0 atom stereocenters. The van der Waals surface area contributed by atoms with Gasteiger partial charge >= 0.3 is 0 Å². The average Bonchev–Trinajstić information content (AvgIpc) is 2.55. The molecule has 3 rings (SSSR count). The number of benzene rings is 1. The number of fused-ring (bicyclic) bond motifs is 1. The molecule has 1 aromatic rings. The number of hydrogen-bond donors (Lipinski definition) is 1. The minimum absolute atomic E-state index is 0.168. The Bertz CT molecular complexity index is 533. The highest BCUT2D eigenvalue weighted by Crippen LogP contribution is 2.23. The van der Waals surface area contributed by atoms with Crippen LogP contribution in [-0.2, 0) is 6.42 Å². The van der Waals surface area contributed by atoms with Crippen LogP contribution in [0.1, 0.15) is 22.3 Å². The van der Waals surface area contributed by atoms with Gasteiger partial charge in [-0.3, -0.25) is 9.69 Å². The molecule has 1 N–H and O–H groups in total. The number of hydrogen-bond acceptors (Lipinski definition) is 3. The smallest absolute Gasteiger partial charge is 0.253 e. The lowest BCUT2D eigenvalue weighted by Gasteiger charge is -2.34. The Kier molecular flexibility index (Phi) is 4.25. The molecule has 1 saturated heterocycles. The molecule has 1 fully saturated rings. The number of piperazine rings is 1. The largest absolute Gasteiger partial charge is 0.385 e. The monoisotopic (exact) mass is 285 g/mol. The van der Waals surface area contributed by atoms with Crippen LogP contribution in [0, 0.1) is 0 Å². The zero-order chi connectivity index (χ0) is 14.7. The summed E-state index contributed by atoms with van der Waals surface area (Å²) in [4.78, 5) is 16.9. The Balaban J connectivity index is 1.67. The molecule has 21 heavy (non-hydrogen) atoms. The van der Waals surface area contributed by atoms with Gasteiger partial charge in [-0.15, -0.1) is 6.58 Å². The number of aryl methyl sites for hydroxylation is 1. The Labute approximate surface area is 126 Å². The van der Waals surface area contributed by atoms with Crippen molar-refractivity contribution in [3.05, 3.63) is 42.0 Å². The molecule has 4 heteroatoms. The molecule has 0 aromatic heterocycles. The number of anilines is 1. The molecule has 0 unspecified atom stereocenters. The first-order valence-electron chi connectivity index (χ1n) is 7.77. The van der Waals surface area contributed by atoms with E-state index in [2.05, 4.69) is 28.9 Å². The van der Waals surface area contributed by atoms with Gasteiger partial charge in [0.1, 0.15) is 0 Å². The van der Waals surface area contributed by atoms with E-state index >= 15 is 0 Å². The first-order chi connectivity index (χ1) is 10.3. The summed E-state index contributed by atoms with van der Waals surface area (Å²) in [5, 5.41) is 3.39. The van der Waals surface area contributed by atoms with Gasteiger partial charge in [-0.1, -0.05) is 6.08 Å². The van der Waals surface area contributed by atoms with E-state index in [0.717, 1.165) is 57.7 Å². The standard InChI is InChI=1S/C17H23N3O/c1-2-8-19-9-11-20(12-10-19)17(21)15-5-6-16-14(13-15)4-3-7-18-16/h2,5-6,13,18H,1,3-4,7-12H2. The van der Waals surface area contributed by atoms with E-state index < -0.39 is 0 Å². The molecule has 1 aromatic carbocycles. The van der Waals surface area contributed by atoms with Crippen LogP contribution in [0.5, 0.6) is 0 Å². The van der Waals surface area contributed by atoms with E-state index in [1.807, 2.05) is 17.0 Å². The van der Waals surface area contributed by atoms with Crippen LogP contribution in [0.4, 0.5) is 5.69 Å². The lowest BCUT2D eigenvalue weighted by Crippen LogP contribution is -2.48. The highest BCUT2D eigenvalue weighted by Gasteiger charge is 2.22. The van der Waals surface area contributed by atoms with Gasteiger partial charge in [-0.05, 0) is 36.6 Å². The minimum atomic E-state index is 0.168. The molecule has 2 aliphatic rings. The molecule has 0 aliphatic carbocycles. The van der Waals surface area contributed by atoms with Crippen molar-refractivity contribution in [3.63, 3.8) is 0 Å². The summed E-state index contributed by atoms with van der Waals surface area (Å²) in [6.45, 7) is 9.20. The molecule has 0 bridgehead atoms. The lowest BCUT2D eigenvalue weighted by molar-refractivity contribution is 0.0650. The van der Waals surface area contributed by atoms with Gasteiger partial charge in [0.15, 0.2) is 0 Å². The van der Waals surface area contributed by atoms with Crippen molar-refractivity contribution in [2.24, 2.45) is 0 Å². The van der Waals surface area contributed by atoms with Crippen LogP contribution < -0.4 is 5.32 Å². The second-order valence-electron chi connectivity index (χ2n) is 5.78. The van der Waals surface area contributed by atoms with Crippen LogP contribution >= 0.6 is 0 Å². The minimum Gasteiger partial charge on any atom is -0.385 e. The Morgan fingerprint density at radius 3 is 2.86 bits per heavy atom. The van der Waals surface area contributed by atoms with E-state index in [-0.39, 0.29) is 5.91 Å². The van der Waals surface area contributed by atoms with Crippen molar-refractivity contribution < 1.29 is 4.79 Å². The fourth-order valence-corrected chi connectivity index (χ4v) is 3.11. The molecule has 2 aliphatic heterocycles. The number of carbonyl (C=O) groups is 1. The van der Waals surface area contributed by atoms with Crippen molar-refractivity contribution in [2.45, 2.75) is 12.8 Å². The average molecular weight is 285 g/mol. The molecular formula is C17H23N3O. The summed E-state index contributed by atoms with van der Waals surface area (Å²) < 4.78 is 0. The van der Waals surface area contributed by atoms with Crippen molar-refractivity contribution in [2.75, 3.05) is 44.6 Å². The third-order valence-corrected chi connectivity index (χ3v) is 4.34. The first kappa shape index (κ1) is 14.1. The van der Waals surface area contributed by atoms with Gasteiger partial charge in [0.2, 0.25) is 0 Å². The maximum Gasteiger partial charge on any atom is 0.253 e. The fraction of sp³-hybridized carbons (Fsp3) is 0.471. The Hall–Kier alpha value is -1.81. The summed E-state index contributed by atoms with van der Waals surface area (Å²) >= 11 is 0. The van der Waals surface area contributed by atoms with Gasteiger partial charge in [0.25, 0.3) is 5.91 Å². The highest BCUT2D eigenvalue weighted by molar-refractivity contribution is 5.95. The van der Waals surface area contributed by atoms with E-state index in [9.17, 15) is 4.79 Å². The van der Waals surface area contributed by atoms with Crippen molar-refractivity contribution in [1.29, 1.82) is 0 Å². The predicted molar refractivity (Wildman–Crippen MR) is 85.8 cm³/mol. The van der Waals surface area contributed by atoms with Gasteiger partial charge in [-0.2, -0.15) is 0 Å². The third-order valence-electron chi connectivity index (χ3n) is 4.34. The van der Waals surface area contributed by atoms with E-state index in [1.165, 1.54) is 11.3 Å². The van der Waals surface area contributed by atoms with Gasteiger partial charge < -0.3 is 10.2 Å². The van der Waals surface area contributed by atoms with Crippen LogP contribution in [0.3, 0.4) is 0 Å². The Morgan fingerprint density at radius 2 is 2.10 bits per heavy atom. The van der Waals surface area contributed by atoms with Gasteiger partial charge in [-0.25, -0.2) is 0 Å². The van der Waals surface area contributed by atoms with E-state index in [0.29, 0.717) is 0 Å². The number of nitrogens with one attached hydrogen (secondary N) is 1. The second-order valence-corrected chi connectivity index (χ2v) is 5.78. The van der Waals surface area contributed by atoms with Crippen LogP contribution in [0.15, 0.2) is 30.9 Å². The predicted octanol–water partition coefficient (Wildman–Crippen LogP) is 1.99.